The Labute approximate surface area is 204 Å². The molecule has 7 nitrogen and oxygen atoms in total. The van der Waals surface area contributed by atoms with E-state index in [1.165, 1.54) is 7.05 Å². The summed E-state index contributed by atoms with van der Waals surface area (Å²) in [5, 5.41) is 5.75. The summed E-state index contributed by atoms with van der Waals surface area (Å²) in [7, 11) is 1.72. The van der Waals surface area contributed by atoms with Gasteiger partial charge in [-0.25, -0.2) is 8.42 Å². The quantitative estimate of drug-likeness (QED) is 0.368. The summed E-state index contributed by atoms with van der Waals surface area (Å²) in [4.78, 5) is 18.1. The number of nitrogens with zero attached hydrogens (tertiary/aromatic N) is 2. The molecule has 1 atom stereocenters. The molecule has 0 bridgehead atoms. The van der Waals surface area contributed by atoms with E-state index in [1.54, 1.807) is 17.5 Å². The molecule has 4 rings (SSSR count). The van der Waals surface area contributed by atoms with E-state index in [1.807, 2.05) is 43.4 Å². The number of nitrogens with one attached hydrogen (secondary N) is 2. The highest BCUT2D eigenvalue weighted by atomic mass is 32.2. The number of para-hydroxylation sites is 1. The van der Waals surface area contributed by atoms with Crippen LogP contribution in [0.15, 0.2) is 76.4 Å². The van der Waals surface area contributed by atoms with E-state index in [9.17, 15) is 13.2 Å². The minimum atomic E-state index is -3.69. The van der Waals surface area contributed by atoms with Gasteiger partial charge in [-0.2, -0.15) is 4.31 Å². The van der Waals surface area contributed by atoms with E-state index in [-0.39, 0.29) is 22.6 Å². The number of H-pyrrole nitrogens is 1. The Hall–Kier alpha value is -3.14. The molecule has 0 aliphatic rings. The molecule has 178 valence electrons. The number of rotatable bonds is 9. The highest BCUT2D eigenvalue weighted by Crippen LogP contribution is 2.31. The number of carbonyl (C=O) groups excluding carboxylic acids is 1. The number of aromatic nitrogens is 1. The SMILES string of the molecule is CN(C)c1ccc(C(CNC(=O)CN(C)S(=O)(=O)c2cccs2)c2c[nH]c3ccccc23)cc1. The number of fused-ring (bicyclic) bond motifs is 1. The van der Waals surface area contributed by atoms with Crippen molar-refractivity contribution in [2.45, 2.75) is 10.1 Å². The highest BCUT2D eigenvalue weighted by molar-refractivity contribution is 7.91. The molecule has 34 heavy (non-hydrogen) atoms. The molecule has 0 radical (unpaired) electrons. The van der Waals surface area contributed by atoms with E-state index in [0.717, 1.165) is 43.4 Å². The maximum atomic E-state index is 12.8. The summed E-state index contributed by atoms with van der Waals surface area (Å²) in [6, 6.07) is 19.5. The van der Waals surface area contributed by atoms with Gasteiger partial charge in [0, 0.05) is 56.4 Å². The average Bonchev–Trinajstić information content (AvgIpc) is 3.51. The molecule has 0 saturated heterocycles. The van der Waals surface area contributed by atoms with Gasteiger partial charge in [-0.05, 0) is 40.8 Å². The molecule has 2 aromatic heterocycles. The molecule has 1 unspecified atom stereocenters. The third-order valence-electron chi connectivity index (χ3n) is 5.84. The summed E-state index contributed by atoms with van der Waals surface area (Å²) < 4.78 is 26.6. The van der Waals surface area contributed by atoms with Crippen molar-refractivity contribution < 1.29 is 13.2 Å². The monoisotopic (exact) mass is 496 g/mol. The Morgan fingerprint density at radius 2 is 1.76 bits per heavy atom. The van der Waals surface area contributed by atoms with E-state index in [2.05, 4.69) is 40.6 Å². The Balaban J connectivity index is 1.54. The second-order valence-electron chi connectivity index (χ2n) is 8.33. The first-order valence-corrected chi connectivity index (χ1v) is 13.2. The zero-order valence-corrected chi connectivity index (χ0v) is 21.0. The van der Waals surface area contributed by atoms with Gasteiger partial charge in [-0.3, -0.25) is 4.79 Å². The highest BCUT2D eigenvalue weighted by Gasteiger charge is 2.25. The number of thiophene rings is 1. The maximum Gasteiger partial charge on any atom is 0.252 e. The van der Waals surface area contributed by atoms with Gasteiger partial charge in [0.1, 0.15) is 4.21 Å². The number of amides is 1. The number of carbonyl (C=O) groups is 1. The zero-order chi connectivity index (χ0) is 24.3. The van der Waals surface area contributed by atoms with Crippen LogP contribution in [0.25, 0.3) is 10.9 Å². The van der Waals surface area contributed by atoms with Crippen molar-refractivity contribution in [2.24, 2.45) is 0 Å². The molecule has 2 aromatic carbocycles. The van der Waals surface area contributed by atoms with Crippen LogP contribution in [0.4, 0.5) is 5.69 Å². The first-order chi connectivity index (χ1) is 16.3. The van der Waals surface area contributed by atoms with Crippen molar-refractivity contribution in [1.82, 2.24) is 14.6 Å². The Morgan fingerprint density at radius 3 is 2.44 bits per heavy atom. The third kappa shape index (κ3) is 5.01. The smallest absolute Gasteiger partial charge is 0.252 e. The Kier molecular flexibility index (Phi) is 7.06. The van der Waals surface area contributed by atoms with Crippen molar-refractivity contribution in [3.8, 4) is 0 Å². The van der Waals surface area contributed by atoms with E-state index < -0.39 is 10.0 Å². The minimum Gasteiger partial charge on any atom is -0.378 e. The topological polar surface area (TPSA) is 85.5 Å². The van der Waals surface area contributed by atoms with Crippen LogP contribution in [0, 0.1) is 0 Å². The molecule has 0 spiro atoms. The van der Waals surface area contributed by atoms with Gasteiger partial charge in [0.15, 0.2) is 0 Å². The Bertz CT molecular complexity index is 1360. The standard InChI is InChI=1S/C25H28N4O3S2/c1-28(2)19-12-10-18(11-13-19)21(22-16-26-23-8-5-4-7-20(22)23)15-27-24(30)17-29(3)34(31,32)25-9-6-14-33-25/h4-14,16,21,26H,15,17H2,1-3H3,(H,27,30). The van der Waals surface area contributed by atoms with Crippen molar-refractivity contribution >= 4 is 43.9 Å². The lowest BCUT2D eigenvalue weighted by Gasteiger charge is -2.21. The summed E-state index contributed by atoms with van der Waals surface area (Å²) in [6.45, 7) is 0.0925. The Morgan fingerprint density at radius 1 is 1.03 bits per heavy atom. The molecule has 1 amide bonds. The van der Waals surface area contributed by atoms with E-state index in [4.69, 9.17) is 0 Å². The fraction of sp³-hybridized carbons (Fsp3) is 0.240. The number of hydrogen-bond donors (Lipinski definition) is 2. The van der Waals surface area contributed by atoms with E-state index >= 15 is 0 Å². The molecule has 0 aliphatic heterocycles. The third-order valence-corrected chi connectivity index (χ3v) is 9.01. The summed E-state index contributed by atoms with van der Waals surface area (Å²) in [5.74, 6) is -0.451. The molecule has 0 aliphatic carbocycles. The maximum absolute atomic E-state index is 12.8. The number of sulfonamides is 1. The van der Waals surface area contributed by atoms with Crippen molar-refractivity contribution in [1.29, 1.82) is 0 Å². The first-order valence-electron chi connectivity index (χ1n) is 10.9. The lowest BCUT2D eigenvalue weighted by Crippen LogP contribution is -2.39. The minimum absolute atomic E-state index is 0.101. The molecule has 9 heteroatoms. The van der Waals surface area contributed by atoms with Gasteiger partial charge in [0.2, 0.25) is 5.91 Å². The van der Waals surface area contributed by atoms with Gasteiger partial charge in [0.05, 0.1) is 6.54 Å². The number of benzene rings is 2. The largest absolute Gasteiger partial charge is 0.378 e. The zero-order valence-electron chi connectivity index (χ0n) is 19.4. The predicted molar refractivity (Wildman–Crippen MR) is 138 cm³/mol. The summed E-state index contributed by atoms with van der Waals surface area (Å²) in [5.41, 5.74) is 4.26. The van der Waals surface area contributed by atoms with Crippen molar-refractivity contribution in [3.05, 3.63) is 83.4 Å². The lowest BCUT2D eigenvalue weighted by molar-refractivity contribution is -0.121. The summed E-state index contributed by atoms with van der Waals surface area (Å²) in [6.07, 6.45) is 1.98. The van der Waals surface area contributed by atoms with Crippen LogP contribution in [0.2, 0.25) is 0 Å². The fourth-order valence-electron chi connectivity index (χ4n) is 3.92. The second-order valence-corrected chi connectivity index (χ2v) is 11.5. The normalized spacial score (nSPS) is 12.7. The molecule has 0 saturated carbocycles. The van der Waals surface area contributed by atoms with Crippen molar-refractivity contribution in [2.75, 3.05) is 39.1 Å². The molecular formula is C25H28N4O3S2. The van der Waals surface area contributed by atoms with Crippen molar-refractivity contribution in [3.63, 3.8) is 0 Å². The number of aromatic amines is 1. The first kappa shape index (κ1) is 24.0. The lowest BCUT2D eigenvalue weighted by atomic mass is 9.90. The molecule has 4 aromatic rings. The number of hydrogen-bond acceptors (Lipinski definition) is 5. The van der Waals surface area contributed by atoms with Crippen LogP contribution in [0.1, 0.15) is 17.0 Å². The number of anilines is 1. The van der Waals surface area contributed by atoms with Gasteiger partial charge in [-0.1, -0.05) is 36.4 Å². The van der Waals surface area contributed by atoms with Crippen LogP contribution in [-0.2, 0) is 14.8 Å². The van der Waals surface area contributed by atoms with Gasteiger partial charge < -0.3 is 15.2 Å². The van der Waals surface area contributed by atoms with Gasteiger partial charge >= 0.3 is 0 Å². The number of likely N-dealkylation sites (N-methyl/N-ethyl adjacent to an activating group) is 1. The van der Waals surface area contributed by atoms with Crippen LogP contribution < -0.4 is 10.2 Å². The van der Waals surface area contributed by atoms with Crippen LogP contribution in [-0.4, -0.2) is 57.8 Å². The molecule has 2 heterocycles. The van der Waals surface area contributed by atoms with Crippen LogP contribution in [0.3, 0.4) is 0 Å². The average molecular weight is 497 g/mol. The van der Waals surface area contributed by atoms with Crippen LogP contribution in [0.5, 0.6) is 0 Å². The van der Waals surface area contributed by atoms with E-state index in [0.29, 0.717) is 6.54 Å². The van der Waals surface area contributed by atoms with Crippen LogP contribution >= 0.6 is 11.3 Å². The summed E-state index contributed by atoms with van der Waals surface area (Å²) >= 11 is 1.13. The molecule has 0 fully saturated rings. The molecule has 2 N–H and O–H groups in total. The molecular weight excluding hydrogens is 468 g/mol. The van der Waals surface area contributed by atoms with Gasteiger partial charge in [0.25, 0.3) is 10.0 Å². The fourth-order valence-corrected chi connectivity index (χ4v) is 6.25. The second kappa shape index (κ2) is 10.0. The van der Waals surface area contributed by atoms with Gasteiger partial charge in [-0.15, -0.1) is 11.3 Å². The predicted octanol–water partition coefficient (Wildman–Crippen LogP) is 3.86.